The van der Waals surface area contributed by atoms with Crippen LogP contribution < -0.4 is 5.73 Å². The summed E-state index contributed by atoms with van der Waals surface area (Å²) in [7, 11) is -1.91. The molecular formula is C15H22N2O2S. The molecule has 1 aromatic rings. The third kappa shape index (κ3) is 3.60. The zero-order chi connectivity index (χ0) is 15.4. The van der Waals surface area contributed by atoms with Crippen LogP contribution in [0.25, 0.3) is 0 Å². The number of hydrogen-bond donors (Lipinski definition) is 1. The molecule has 0 aliphatic carbocycles. The maximum atomic E-state index is 12.6. The standard InChI is InChI=1S/C15H22N2O2S/c1-5-15(2,3)17(4)20(18,19)14-10-6-8-13(12-14)9-7-11-16/h6,8,10,12H,5,11,16H2,1-4H3. The molecule has 0 spiro atoms. The Bertz CT molecular complexity index is 625. The van der Waals surface area contributed by atoms with Crippen molar-refractivity contribution in [3.8, 4) is 11.8 Å². The molecule has 0 saturated carbocycles. The van der Waals surface area contributed by atoms with Crippen LogP contribution >= 0.6 is 0 Å². The average Bonchev–Trinajstić information content (AvgIpc) is 2.44. The Hall–Kier alpha value is -1.35. The molecule has 0 aliphatic heterocycles. The number of benzene rings is 1. The normalized spacial score (nSPS) is 12.1. The van der Waals surface area contributed by atoms with Crippen LogP contribution in [-0.4, -0.2) is 31.9 Å². The van der Waals surface area contributed by atoms with Crippen LogP contribution in [-0.2, 0) is 10.0 Å². The highest BCUT2D eigenvalue weighted by Gasteiger charge is 2.32. The number of nitrogens with two attached hydrogens (primary N) is 1. The van der Waals surface area contributed by atoms with Crippen molar-refractivity contribution in [2.24, 2.45) is 5.73 Å². The Morgan fingerprint density at radius 3 is 2.55 bits per heavy atom. The van der Waals surface area contributed by atoms with Crippen molar-refractivity contribution in [3.63, 3.8) is 0 Å². The molecule has 0 radical (unpaired) electrons. The van der Waals surface area contributed by atoms with Gasteiger partial charge in [0.05, 0.1) is 11.4 Å². The van der Waals surface area contributed by atoms with Crippen LogP contribution in [0.15, 0.2) is 29.2 Å². The van der Waals surface area contributed by atoms with Gasteiger partial charge in [-0.15, -0.1) is 0 Å². The molecule has 0 aliphatic rings. The summed E-state index contributed by atoms with van der Waals surface area (Å²) in [5, 5.41) is 0. The van der Waals surface area contributed by atoms with E-state index in [1.807, 2.05) is 20.8 Å². The van der Waals surface area contributed by atoms with Crippen LogP contribution in [0, 0.1) is 11.8 Å². The van der Waals surface area contributed by atoms with E-state index in [1.54, 1.807) is 31.3 Å². The van der Waals surface area contributed by atoms with Crippen molar-refractivity contribution in [1.82, 2.24) is 4.31 Å². The van der Waals surface area contributed by atoms with E-state index < -0.39 is 15.6 Å². The Labute approximate surface area is 122 Å². The second-order valence-corrected chi connectivity index (χ2v) is 7.14. The molecule has 0 fully saturated rings. The van der Waals surface area contributed by atoms with Gasteiger partial charge in [0.1, 0.15) is 0 Å². The summed E-state index contributed by atoms with van der Waals surface area (Å²) in [6.45, 7) is 6.03. The zero-order valence-electron chi connectivity index (χ0n) is 12.5. The molecule has 20 heavy (non-hydrogen) atoms. The van der Waals surface area contributed by atoms with Crippen LogP contribution in [0.3, 0.4) is 0 Å². The van der Waals surface area contributed by atoms with E-state index in [2.05, 4.69) is 11.8 Å². The fraction of sp³-hybridized carbons (Fsp3) is 0.467. The Morgan fingerprint density at radius 1 is 1.35 bits per heavy atom. The van der Waals surface area contributed by atoms with Crippen LogP contribution in [0.1, 0.15) is 32.8 Å². The van der Waals surface area contributed by atoms with E-state index in [0.29, 0.717) is 5.56 Å². The summed E-state index contributed by atoms with van der Waals surface area (Å²) >= 11 is 0. The summed E-state index contributed by atoms with van der Waals surface area (Å²) in [6.07, 6.45) is 0.732. The third-order valence-electron chi connectivity index (χ3n) is 3.54. The number of hydrogen-bond acceptors (Lipinski definition) is 3. The molecule has 0 atom stereocenters. The van der Waals surface area contributed by atoms with Gasteiger partial charge in [0.15, 0.2) is 0 Å². The summed E-state index contributed by atoms with van der Waals surface area (Å²) < 4.78 is 26.6. The topological polar surface area (TPSA) is 63.4 Å². The monoisotopic (exact) mass is 294 g/mol. The maximum Gasteiger partial charge on any atom is 0.243 e. The van der Waals surface area contributed by atoms with Gasteiger partial charge >= 0.3 is 0 Å². The highest BCUT2D eigenvalue weighted by molar-refractivity contribution is 7.89. The minimum absolute atomic E-state index is 0.250. The highest BCUT2D eigenvalue weighted by atomic mass is 32.2. The van der Waals surface area contributed by atoms with E-state index in [-0.39, 0.29) is 11.4 Å². The molecule has 0 saturated heterocycles. The summed E-state index contributed by atoms with van der Waals surface area (Å²) in [5.74, 6) is 5.57. The number of rotatable bonds is 4. The smallest absolute Gasteiger partial charge is 0.243 e. The Balaban J connectivity index is 3.23. The fourth-order valence-electron chi connectivity index (χ4n) is 1.59. The Morgan fingerprint density at radius 2 is 2.00 bits per heavy atom. The van der Waals surface area contributed by atoms with Crippen molar-refractivity contribution in [3.05, 3.63) is 29.8 Å². The Kier molecular flexibility index (Phi) is 5.35. The first-order valence-corrected chi connectivity index (χ1v) is 7.97. The third-order valence-corrected chi connectivity index (χ3v) is 5.61. The van der Waals surface area contributed by atoms with Crippen molar-refractivity contribution in [2.75, 3.05) is 13.6 Å². The maximum absolute atomic E-state index is 12.6. The highest BCUT2D eigenvalue weighted by Crippen LogP contribution is 2.25. The predicted octanol–water partition coefficient (Wildman–Crippen LogP) is 1.81. The molecule has 4 nitrogen and oxygen atoms in total. The van der Waals surface area contributed by atoms with Crippen LogP contribution in [0.4, 0.5) is 0 Å². The van der Waals surface area contributed by atoms with E-state index in [9.17, 15) is 8.42 Å². The van der Waals surface area contributed by atoms with Gasteiger partial charge in [-0.2, -0.15) is 4.31 Å². The fourth-order valence-corrected chi connectivity index (χ4v) is 3.22. The zero-order valence-corrected chi connectivity index (χ0v) is 13.3. The minimum Gasteiger partial charge on any atom is -0.320 e. The van der Waals surface area contributed by atoms with Gasteiger partial charge in [-0.3, -0.25) is 0 Å². The second-order valence-electron chi connectivity index (χ2n) is 5.17. The van der Waals surface area contributed by atoms with Gasteiger partial charge < -0.3 is 5.73 Å². The van der Waals surface area contributed by atoms with Gasteiger partial charge in [-0.25, -0.2) is 8.42 Å². The lowest BCUT2D eigenvalue weighted by molar-refractivity contribution is 0.257. The summed E-state index contributed by atoms with van der Waals surface area (Å²) in [6, 6.07) is 6.64. The summed E-state index contributed by atoms with van der Waals surface area (Å²) in [5.41, 5.74) is 5.54. The molecule has 1 aromatic carbocycles. The molecule has 0 aromatic heterocycles. The molecular weight excluding hydrogens is 272 g/mol. The van der Waals surface area contributed by atoms with E-state index in [4.69, 9.17) is 5.73 Å². The molecule has 2 N–H and O–H groups in total. The van der Waals surface area contributed by atoms with Gasteiger partial charge in [0, 0.05) is 18.2 Å². The molecule has 1 rings (SSSR count). The molecule has 0 heterocycles. The minimum atomic E-state index is -3.52. The summed E-state index contributed by atoms with van der Waals surface area (Å²) in [4.78, 5) is 0.255. The second kappa shape index (κ2) is 6.40. The first-order chi connectivity index (χ1) is 9.25. The van der Waals surface area contributed by atoms with Gasteiger partial charge in [0.2, 0.25) is 10.0 Å². The molecule has 0 unspecified atom stereocenters. The van der Waals surface area contributed by atoms with E-state index in [0.717, 1.165) is 6.42 Å². The quantitative estimate of drug-likeness (QED) is 0.861. The predicted molar refractivity (Wildman–Crippen MR) is 81.7 cm³/mol. The van der Waals surface area contributed by atoms with Crippen molar-refractivity contribution in [1.29, 1.82) is 0 Å². The molecule has 0 amide bonds. The molecule has 5 heteroatoms. The lowest BCUT2D eigenvalue weighted by Gasteiger charge is -2.33. The number of nitrogens with zero attached hydrogens (tertiary/aromatic N) is 1. The first-order valence-electron chi connectivity index (χ1n) is 6.53. The number of sulfonamides is 1. The first kappa shape index (κ1) is 16.7. The van der Waals surface area contributed by atoms with Gasteiger partial charge in [0.25, 0.3) is 0 Å². The van der Waals surface area contributed by atoms with Gasteiger partial charge in [-0.05, 0) is 38.5 Å². The van der Waals surface area contributed by atoms with E-state index in [1.165, 1.54) is 4.31 Å². The van der Waals surface area contributed by atoms with E-state index >= 15 is 0 Å². The van der Waals surface area contributed by atoms with Crippen LogP contribution in [0.5, 0.6) is 0 Å². The lowest BCUT2D eigenvalue weighted by atomic mass is 10.0. The molecule has 110 valence electrons. The largest absolute Gasteiger partial charge is 0.320 e. The van der Waals surface area contributed by atoms with Crippen LogP contribution in [0.2, 0.25) is 0 Å². The van der Waals surface area contributed by atoms with Crippen molar-refractivity contribution in [2.45, 2.75) is 37.6 Å². The van der Waals surface area contributed by atoms with Gasteiger partial charge in [-0.1, -0.05) is 24.8 Å². The SMILES string of the molecule is CCC(C)(C)N(C)S(=O)(=O)c1cccc(C#CCN)c1. The average molecular weight is 294 g/mol. The van der Waals surface area contributed by atoms with Crippen molar-refractivity contribution >= 4 is 10.0 Å². The lowest BCUT2D eigenvalue weighted by Crippen LogP contribution is -2.44. The van der Waals surface area contributed by atoms with Crippen molar-refractivity contribution < 1.29 is 8.42 Å². The molecule has 0 bridgehead atoms.